The number of hydrogen-bond acceptors (Lipinski definition) is 5. The molecule has 0 radical (unpaired) electrons. The molecule has 6 heteroatoms. The second-order valence-corrected chi connectivity index (χ2v) is 5.79. The first-order chi connectivity index (χ1) is 12.5. The number of benzene rings is 2. The number of fused-ring (bicyclic) bond motifs is 1. The second kappa shape index (κ2) is 7.39. The van der Waals surface area contributed by atoms with Crippen LogP contribution in [0, 0.1) is 5.82 Å². The van der Waals surface area contributed by atoms with E-state index in [1.165, 1.54) is 32.4 Å². The molecule has 0 bridgehead atoms. The number of esters is 1. The van der Waals surface area contributed by atoms with Crippen molar-refractivity contribution in [2.45, 2.75) is 12.3 Å². The van der Waals surface area contributed by atoms with Gasteiger partial charge < -0.3 is 13.9 Å². The van der Waals surface area contributed by atoms with Gasteiger partial charge >= 0.3 is 11.6 Å². The van der Waals surface area contributed by atoms with E-state index >= 15 is 0 Å². The highest BCUT2D eigenvalue weighted by molar-refractivity contribution is 5.89. The summed E-state index contributed by atoms with van der Waals surface area (Å²) in [6, 6.07) is 12.2. The van der Waals surface area contributed by atoms with E-state index in [4.69, 9.17) is 13.9 Å². The third-order valence-electron chi connectivity index (χ3n) is 4.20. The van der Waals surface area contributed by atoms with Crippen LogP contribution in [0.15, 0.2) is 57.7 Å². The van der Waals surface area contributed by atoms with Crippen LogP contribution in [0.25, 0.3) is 11.0 Å². The maximum Gasteiger partial charge on any atom is 0.336 e. The molecule has 1 heterocycles. The van der Waals surface area contributed by atoms with Gasteiger partial charge in [-0.15, -0.1) is 0 Å². The van der Waals surface area contributed by atoms with Crippen LogP contribution in [0.5, 0.6) is 5.75 Å². The number of carbonyl (C=O) groups excluding carboxylic acids is 1. The zero-order valence-corrected chi connectivity index (χ0v) is 14.3. The number of rotatable bonds is 5. The van der Waals surface area contributed by atoms with Gasteiger partial charge in [0.05, 0.1) is 20.1 Å². The summed E-state index contributed by atoms with van der Waals surface area (Å²) in [6.45, 7) is 0. The molecule has 0 saturated heterocycles. The van der Waals surface area contributed by atoms with Crippen LogP contribution in [0.4, 0.5) is 4.39 Å². The van der Waals surface area contributed by atoms with Crippen LogP contribution in [-0.4, -0.2) is 20.2 Å². The van der Waals surface area contributed by atoms with Crippen LogP contribution >= 0.6 is 0 Å². The Balaban J connectivity index is 2.12. The molecule has 0 fully saturated rings. The highest BCUT2D eigenvalue weighted by atomic mass is 19.1. The van der Waals surface area contributed by atoms with Gasteiger partial charge in [-0.05, 0) is 41.8 Å². The minimum absolute atomic E-state index is 0.261. The van der Waals surface area contributed by atoms with E-state index < -0.39 is 17.5 Å². The predicted molar refractivity (Wildman–Crippen MR) is 93.9 cm³/mol. The van der Waals surface area contributed by atoms with Crippen LogP contribution in [-0.2, 0) is 16.0 Å². The molecule has 0 aliphatic rings. The van der Waals surface area contributed by atoms with E-state index in [1.807, 2.05) is 0 Å². The molecule has 3 aromatic rings. The van der Waals surface area contributed by atoms with Gasteiger partial charge in [0.2, 0.25) is 0 Å². The SMILES string of the molecule is COC(=O)[C@@H](Cc1ccc(F)cc1)c1cc(=O)oc2cc(OC)ccc12. The van der Waals surface area contributed by atoms with Gasteiger partial charge in [-0.2, -0.15) is 0 Å². The maximum atomic E-state index is 13.1. The van der Waals surface area contributed by atoms with Gasteiger partial charge in [-0.25, -0.2) is 9.18 Å². The molecule has 5 nitrogen and oxygen atoms in total. The molecule has 26 heavy (non-hydrogen) atoms. The molecule has 0 amide bonds. The fourth-order valence-corrected chi connectivity index (χ4v) is 2.90. The largest absolute Gasteiger partial charge is 0.497 e. The van der Waals surface area contributed by atoms with Gasteiger partial charge in [0.15, 0.2) is 0 Å². The monoisotopic (exact) mass is 356 g/mol. The summed E-state index contributed by atoms with van der Waals surface area (Å²) in [6.07, 6.45) is 0.261. The Kier molecular flexibility index (Phi) is 5.02. The van der Waals surface area contributed by atoms with Crippen molar-refractivity contribution in [2.24, 2.45) is 0 Å². The lowest BCUT2D eigenvalue weighted by atomic mass is 9.90. The zero-order chi connectivity index (χ0) is 18.7. The average Bonchev–Trinajstić information content (AvgIpc) is 2.65. The lowest BCUT2D eigenvalue weighted by Gasteiger charge is -2.17. The quantitative estimate of drug-likeness (QED) is 0.518. The van der Waals surface area contributed by atoms with Crippen LogP contribution in [0.2, 0.25) is 0 Å². The smallest absolute Gasteiger partial charge is 0.336 e. The Morgan fingerprint density at radius 1 is 1.12 bits per heavy atom. The standard InChI is InChI=1S/C20H17FO5/c1-24-14-7-8-15-16(11-19(22)26-18(15)10-14)17(20(23)25-2)9-12-3-5-13(21)6-4-12/h3-8,10-11,17H,9H2,1-2H3/t17-/m0/s1. The Morgan fingerprint density at radius 3 is 2.50 bits per heavy atom. The molecule has 1 aromatic heterocycles. The lowest BCUT2D eigenvalue weighted by Crippen LogP contribution is -2.19. The van der Waals surface area contributed by atoms with Crippen molar-refractivity contribution in [3.63, 3.8) is 0 Å². The van der Waals surface area contributed by atoms with Crippen molar-refractivity contribution < 1.29 is 23.1 Å². The summed E-state index contributed by atoms with van der Waals surface area (Å²) in [4.78, 5) is 24.4. The molecule has 0 saturated carbocycles. The number of methoxy groups -OCH3 is 2. The molecule has 0 unspecified atom stereocenters. The molecule has 0 aliphatic carbocycles. The Labute approximate surface area is 149 Å². The van der Waals surface area contributed by atoms with Crippen molar-refractivity contribution >= 4 is 16.9 Å². The summed E-state index contributed by atoms with van der Waals surface area (Å²) in [5.74, 6) is -1.05. The Hall–Kier alpha value is -3.15. The maximum absolute atomic E-state index is 13.1. The molecule has 134 valence electrons. The van der Waals surface area contributed by atoms with Gasteiger partial charge in [0, 0.05) is 17.5 Å². The van der Waals surface area contributed by atoms with Crippen molar-refractivity contribution in [3.05, 3.63) is 75.9 Å². The average molecular weight is 356 g/mol. The molecule has 0 N–H and O–H groups in total. The fraction of sp³-hybridized carbons (Fsp3) is 0.200. The zero-order valence-electron chi connectivity index (χ0n) is 14.3. The number of carbonyl (C=O) groups is 1. The van der Waals surface area contributed by atoms with E-state index in [-0.39, 0.29) is 12.2 Å². The lowest BCUT2D eigenvalue weighted by molar-refractivity contribution is -0.142. The number of ether oxygens (including phenoxy) is 2. The number of hydrogen-bond donors (Lipinski definition) is 0. The Morgan fingerprint density at radius 2 is 1.85 bits per heavy atom. The fourth-order valence-electron chi connectivity index (χ4n) is 2.90. The van der Waals surface area contributed by atoms with E-state index in [1.54, 1.807) is 30.3 Å². The first-order valence-corrected chi connectivity index (χ1v) is 7.96. The van der Waals surface area contributed by atoms with Crippen LogP contribution in [0.3, 0.4) is 0 Å². The van der Waals surface area contributed by atoms with E-state index in [0.29, 0.717) is 22.3 Å². The molecule has 2 aromatic carbocycles. The normalized spacial score (nSPS) is 12.0. The van der Waals surface area contributed by atoms with Crippen molar-refractivity contribution in [1.82, 2.24) is 0 Å². The summed E-state index contributed by atoms with van der Waals surface area (Å²) in [7, 11) is 2.80. The minimum Gasteiger partial charge on any atom is -0.497 e. The topological polar surface area (TPSA) is 65.7 Å². The summed E-state index contributed by atoms with van der Waals surface area (Å²) in [5.41, 5.74) is 0.986. The van der Waals surface area contributed by atoms with Crippen LogP contribution in [0.1, 0.15) is 17.0 Å². The summed E-state index contributed by atoms with van der Waals surface area (Å²) in [5, 5.41) is 0.614. The molecule has 1 atom stereocenters. The molecular formula is C20H17FO5. The highest BCUT2D eigenvalue weighted by Crippen LogP contribution is 2.30. The van der Waals surface area contributed by atoms with Crippen LogP contribution < -0.4 is 10.4 Å². The van der Waals surface area contributed by atoms with Gasteiger partial charge in [-0.3, -0.25) is 4.79 Å². The highest BCUT2D eigenvalue weighted by Gasteiger charge is 2.25. The van der Waals surface area contributed by atoms with E-state index in [2.05, 4.69) is 0 Å². The Bertz CT molecular complexity index is 991. The molecule has 0 aliphatic heterocycles. The predicted octanol–water partition coefficient (Wildman–Crippen LogP) is 3.44. The first kappa shape index (κ1) is 17.7. The first-order valence-electron chi connectivity index (χ1n) is 7.96. The van der Waals surface area contributed by atoms with Gasteiger partial charge in [-0.1, -0.05) is 12.1 Å². The summed E-state index contributed by atoms with van der Waals surface area (Å²) >= 11 is 0. The third kappa shape index (κ3) is 3.59. The van der Waals surface area contributed by atoms with Crippen molar-refractivity contribution in [2.75, 3.05) is 14.2 Å². The van der Waals surface area contributed by atoms with Crippen molar-refractivity contribution in [3.8, 4) is 5.75 Å². The van der Waals surface area contributed by atoms with Gasteiger partial charge in [0.1, 0.15) is 17.1 Å². The molecule has 0 spiro atoms. The minimum atomic E-state index is -0.731. The number of halogens is 1. The third-order valence-corrected chi connectivity index (χ3v) is 4.20. The van der Waals surface area contributed by atoms with E-state index in [9.17, 15) is 14.0 Å². The summed E-state index contributed by atoms with van der Waals surface area (Å²) < 4.78 is 28.5. The molecule has 3 rings (SSSR count). The van der Waals surface area contributed by atoms with Crippen molar-refractivity contribution in [1.29, 1.82) is 0 Å². The van der Waals surface area contributed by atoms with E-state index in [0.717, 1.165) is 5.56 Å². The molecular weight excluding hydrogens is 339 g/mol. The van der Waals surface area contributed by atoms with Gasteiger partial charge in [0.25, 0.3) is 0 Å². The second-order valence-electron chi connectivity index (χ2n) is 5.79.